The molecule has 37 heavy (non-hydrogen) atoms. The molecular formula is C28H36N4O5. The number of ether oxygens (including phenoxy) is 1. The van der Waals surface area contributed by atoms with E-state index in [9.17, 15) is 14.4 Å². The largest absolute Gasteiger partial charge is 0.481 e. The number of aliphatic carboxylic acids is 1. The number of benzene rings is 2. The van der Waals surface area contributed by atoms with E-state index < -0.39 is 24.2 Å². The van der Waals surface area contributed by atoms with Crippen molar-refractivity contribution >= 4 is 23.8 Å². The Morgan fingerprint density at radius 1 is 1.19 bits per heavy atom. The van der Waals surface area contributed by atoms with Crippen LogP contribution in [0.5, 0.6) is 0 Å². The predicted octanol–water partition coefficient (Wildman–Crippen LogP) is 4.19. The van der Waals surface area contributed by atoms with Crippen LogP contribution in [0.1, 0.15) is 74.2 Å². The van der Waals surface area contributed by atoms with Crippen LogP contribution in [0.3, 0.4) is 0 Å². The van der Waals surface area contributed by atoms with Crippen LogP contribution in [0.15, 0.2) is 59.6 Å². The van der Waals surface area contributed by atoms with Crippen molar-refractivity contribution in [3.63, 3.8) is 0 Å². The van der Waals surface area contributed by atoms with Crippen LogP contribution in [0, 0.1) is 0 Å². The molecule has 1 fully saturated rings. The smallest absolute Gasteiger partial charge is 0.410 e. The fourth-order valence-corrected chi connectivity index (χ4v) is 4.35. The first-order valence-electron chi connectivity index (χ1n) is 12.7. The van der Waals surface area contributed by atoms with E-state index in [4.69, 9.17) is 15.6 Å². The molecule has 0 bridgehead atoms. The molecule has 0 aliphatic carbocycles. The summed E-state index contributed by atoms with van der Waals surface area (Å²) in [5.41, 5.74) is 8.66. The third-order valence-electron chi connectivity index (χ3n) is 6.49. The second-order valence-corrected chi connectivity index (χ2v) is 9.28. The average molecular weight is 509 g/mol. The van der Waals surface area contributed by atoms with Crippen molar-refractivity contribution in [2.45, 2.75) is 63.6 Å². The third-order valence-corrected chi connectivity index (χ3v) is 6.49. The number of rotatable bonds is 12. The fourth-order valence-electron chi connectivity index (χ4n) is 4.35. The third kappa shape index (κ3) is 8.06. The van der Waals surface area contributed by atoms with Gasteiger partial charge in [-0.15, -0.1) is 0 Å². The molecule has 1 heterocycles. The summed E-state index contributed by atoms with van der Waals surface area (Å²) in [5.74, 6) is -0.740. The lowest BCUT2D eigenvalue weighted by atomic mass is 9.95. The van der Waals surface area contributed by atoms with Crippen molar-refractivity contribution in [1.29, 1.82) is 0 Å². The summed E-state index contributed by atoms with van der Waals surface area (Å²) in [6.45, 7) is 2.79. The highest BCUT2D eigenvalue weighted by Gasteiger charge is 2.35. The molecule has 0 saturated carbocycles. The number of amides is 2. The molecule has 3 atom stereocenters. The van der Waals surface area contributed by atoms with Gasteiger partial charge in [-0.1, -0.05) is 67.9 Å². The molecule has 1 aliphatic rings. The van der Waals surface area contributed by atoms with Gasteiger partial charge in [-0.05, 0) is 24.0 Å². The van der Waals surface area contributed by atoms with Crippen molar-refractivity contribution in [3.05, 3.63) is 71.3 Å². The molecule has 4 N–H and O–H groups in total. The second-order valence-electron chi connectivity index (χ2n) is 9.28. The van der Waals surface area contributed by atoms with Gasteiger partial charge in [0.1, 0.15) is 11.9 Å². The number of hydrogen-bond donors (Lipinski definition) is 3. The number of unbranched alkanes of at least 4 members (excludes halogenated alkanes) is 1. The molecule has 1 saturated heterocycles. The Morgan fingerprint density at radius 2 is 1.89 bits per heavy atom. The van der Waals surface area contributed by atoms with E-state index in [1.54, 1.807) is 7.05 Å². The number of hydrogen-bond acceptors (Lipinski definition) is 5. The van der Waals surface area contributed by atoms with Crippen LogP contribution in [0.2, 0.25) is 0 Å². The summed E-state index contributed by atoms with van der Waals surface area (Å²) >= 11 is 0. The Morgan fingerprint density at radius 3 is 2.54 bits per heavy atom. The molecule has 2 aromatic carbocycles. The average Bonchev–Trinajstić information content (AvgIpc) is 2.89. The van der Waals surface area contributed by atoms with Gasteiger partial charge in [0.25, 0.3) is 0 Å². The number of carbonyl (C=O) groups excluding carboxylic acids is 2. The maximum absolute atomic E-state index is 12.9. The maximum atomic E-state index is 12.9. The molecule has 3 unspecified atom stereocenters. The van der Waals surface area contributed by atoms with E-state index in [0.29, 0.717) is 18.8 Å². The maximum Gasteiger partial charge on any atom is 0.410 e. The van der Waals surface area contributed by atoms with Gasteiger partial charge < -0.3 is 25.8 Å². The van der Waals surface area contributed by atoms with Crippen LogP contribution in [-0.4, -0.2) is 53.5 Å². The molecule has 2 amide bonds. The first-order valence-corrected chi connectivity index (χ1v) is 12.7. The lowest BCUT2D eigenvalue weighted by Crippen LogP contribution is -2.43. The van der Waals surface area contributed by atoms with Crippen LogP contribution in [-0.2, 0) is 14.3 Å². The topological polar surface area (TPSA) is 134 Å². The molecule has 9 nitrogen and oxygen atoms in total. The molecule has 0 radical (unpaired) electrons. The number of carboxylic acid groups (broad SMARTS) is 1. The highest BCUT2D eigenvalue weighted by atomic mass is 16.6. The minimum atomic E-state index is -0.928. The Bertz CT molecular complexity index is 1090. The van der Waals surface area contributed by atoms with E-state index in [1.807, 2.05) is 54.6 Å². The molecule has 1 aliphatic heterocycles. The Labute approximate surface area is 217 Å². The summed E-state index contributed by atoms with van der Waals surface area (Å²) in [6.07, 6.45) is 1.55. The SMILES string of the molecule is CCCCN=C(N)c1ccc(C2CC(CC(=O)NC(CCC(=O)O)c3ccccc3)OC(=O)N2C)cc1. The Kier molecular flexibility index (Phi) is 10.1. The van der Waals surface area contributed by atoms with Crippen molar-refractivity contribution in [2.75, 3.05) is 13.6 Å². The lowest BCUT2D eigenvalue weighted by molar-refractivity contribution is -0.137. The molecule has 2 aromatic rings. The Hall–Kier alpha value is -3.88. The molecular weight excluding hydrogens is 472 g/mol. The summed E-state index contributed by atoms with van der Waals surface area (Å²) in [7, 11) is 1.68. The van der Waals surface area contributed by atoms with Gasteiger partial charge in [0.2, 0.25) is 5.91 Å². The van der Waals surface area contributed by atoms with Crippen molar-refractivity contribution in [2.24, 2.45) is 10.7 Å². The van der Waals surface area contributed by atoms with E-state index >= 15 is 0 Å². The van der Waals surface area contributed by atoms with Gasteiger partial charge >= 0.3 is 12.1 Å². The first kappa shape index (κ1) is 27.7. The van der Waals surface area contributed by atoms with Crippen LogP contribution in [0.25, 0.3) is 0 Å². The summed E-state index contributed by atoms with van der Waals surface area (Å²) in [6, 6.07) is 16.2. The number of carboxylic acids is 1. The number of amidine groups is 1. The van der Waals surface area contributed by atoms with Crippen molar-refractivity contribution in [3.8, 4) is 0 Å². The quantitative estimate of drug-likeness (QED) is 0.224. The zero-order valence-electron chi connectivity index (χ0n) is 21.4. The van der Waals surface area contributed by atoms with Gasteiger partial charge in [-0.25, -0.2) is 4.79 Å². The number of cyclic esters (lactones) is 1. The van der Waals surface area contributed by atoms with Crippen molar-refractivity contribution < 1.29 is 24.2 Å². The highest BCUT2D eigenvalue weighted by molar-refractivity contribution is 5.97. The van der Waals surface area contributed by atoms with E-state index in [2.05, 4.69) is 17.2 Å². The zero-order chi connectivity index (χ0) is 26.8. The number of nitrogens with zero attached hydrogens (tertiary/aromatic N) is 2. The zero-order valence-corrected chi connectivity index (χ0v) is 21.4. The van der Waals surface area contributed by atoms with Gasteiger partial charge in [-0.2, -0.15) is 0 Å². The van der Waals surface area contributed by atoms with Gasteiger partial charge in [-0.3, -0.25) is 14.6 Å². The van der Waals surface area contributed by atoms with Gasteiger partial charge in [0.05, 0.1) is 18.5 Å². The van der Waals surface area contributed by atoms with Crippen LogP contribution in [0.4, 0.5) is 4.79 Å². The molecule has 9 heteroatoms. The number of carbonyl (C=O) groups is 3. The summed E-state index contributed by atoms with van der Waals surface area (Å²) in [4.78, 5) is 42.5. The van der Waals surface area contributed by atoms with Crippen molar-refractivity contribution in [1.82, 2.24) is 10.2 Å². The standard InChI is InChI=1S/C28H36N4O5/c1-3-4-16-30-27(29)21-12-10-20(11-13-21)24-17-22(37-28(36)32(24)2)18-25(33)31-23(14-15-26(34)35)19-8-6-5-7-9-19/h5-13,22-24H,3-4,14-18H2,1-2H3,(H2,29,30)(H,31,33)(H,34,35). The molecule has 198 valence electrons. The minimum Gasteiger partial charge on any atom is -0.481 e. The molecule has 0 spiro atoms. The van der Waals surface area contributed by atoms with Crippen LogP contribution >= 0.6 is 0 Å². The molecule has 3 rings (SSSR count). The van der Waals surface area contributed by atoms with Crippen LogP contribution < -0.4 is 11.1 Å². The van der Waals surface area contributed by atoms with E-state index in [0.717, 1.165) is 29.5 Å². The minimum absolute atomic E-state index is 0.0123. The second kappa shape index (κ2) is 13.4. The fraction of sp³-hybridized carbons (Fsp3) is 0.429. The van der Waals surface area contributed by atoms with E-state index in [-0.39, 0.29) is 31.2 Å². The summed E-state index contributed by atoms with van der Waals surface area (Å²) in [5, 5.41) is 12.0. The van der Waals surface area contributed by atoms with Gasteiger partial charge in [0.15, 0.2) is 0 Å². The van der Waals surface area contributed by atoms with Gasteiger partial charge in [0, 0.05) is 32.0 Å². The lowest BCUT2D eigenvalue weighted by Gasteiger charge is -2.37. The first-order chi connectivity index (χ1) is 17.8. The molecule has 0 aromatic heterocycles. The number of aliphatic imine (C=N–C) groups is 1. The number of nitrogens with two attached hydrogens (primary N) is 1. The predicted molar refractivity (Wildman–Crippen MR) is 141 cm³/mol. The Balaban J connectivity index is 1.66. The summed E-state index contributed by atoms with van der Waals surface area (Å²) < 4.78 is 5.52. The highest BCUT2D eigenvalue weighted by Crippen LogP contribution is 2.32. The normalized spacial score (nSPS) is 18.7. The monoisotopic (exact) mass is 508 g/mol. The van der Waals surface area contributed by atoms with E-state index in [1.165, 1.54) is 4.90 Å². The number of nitrogens with one attached hydrogen (secondary N) is 1.